The molecule has 0 bridgehead atoms. The Morgan fingerprint density at radius 2 is 1.97 bits per heavy atom. The Bertz CT molecular complexity index is 1090. The maximum Gasteiger partial charge on any atom is 0.325 e. The number of benzene rings is 2. The molecule has 0 spiro atoms. The number of rotatable bonds is 7. The van der Waals surface area contributed by atoms with Gasteiger partial charge in [0.15, 0.2) is 0 Å². The van der Waals surface area contributed by atoms with E-state index in [1.54, 1.807) is 18.2 Å². The Hall–Kier alpha value is -0.960. The largest absolute Gasteiger partial charge is 0.325 e. The lowest BCUT2D eigenvalue weighted by molar-refractivity contribution is 0.295. The van der Waals surface area contributed by atoms with Crippen LogP contribution >= 0.6 is 30.8 Å². The van der Waals surface area contributed by atoms with Crippen LogP contribution < -0.4 is 4.72 Å². The fraction of sp³-hybridized carbons (Fsp3) is 0.368. The van der Waals surface area contributed by atoms with Gasteiger partial charge < -0.3 is 14.7 Å². The summed E-state index contributed by atoms with van der Waals surface area (Å²) in [6.45, 7) is 1.31. The minimum atomic E-state index is -4.15. The average Bonchev–Trinajstić information content (AvgIpc) is 2.65. The highest BCUT2D eigenvalue weighted by molar-refractivity contribution is 7.89. The molecule has 2 aromatic rings. The van der Waals surface area contributed by atoms with Crippen LogP contribution in [-0.2, 0) is 21.1 Å². The molecule has 1 heterocycles. The molecule has 0 aromatic heterocycles. The molecule has 7 nitrogen and oxygen atoms in total. The summed E-state index contributed by atoms with van der Waals surface area (Å²) in [5, 5.41) is 1.12. The molecule has 0 amide bonds. The number of nitrogens with zero attached hydrogens (tertiary/aromatic N) is 1. The minimum absolute atomic E-state index is 0.0427. The van der Waals surface area contributed by atoms with Crippen LogP contribution in [0.1, 0.15) is 29.0 Å². The van der Waals surface area contributed by atoms with Crippen LogP contribution in [0.25, 0.3) is 0 Å². The second-order valence-corrected chi connectivity index (χ2v) is 11.8. The zero-order chi connectivity index (χ0) is 22.1. The van der Waals surface area contributed by atoms with Crippen molar-refractivity contribution in [3.8, 4) is 0 Å². The van der Waals surface area contributed by atoms with E-state index in [2.05, 4.69) is 9.62 Å². The molecule has 3 rings (SSSR count). The summed E-state index contributed by atoms with van der Waals surface area (Å²) in [6.07, 6.45) is -0.330. The van der Waals surface area contributed by atoms with E-state index in [-0.39, 0.29) is 29.9 Å². The summed E-state index contributed by atoms with van der Waals surface area (Å²) in [5.74, 6) is -0.0974. The lowest BCUT2D eigenvalue weighted by atomic mass is 9.85. The average molecular weight is 493 g/mol. The highest BCUT2D eigenvalue weighted by Crippen LogP contribution is 2.39. The summed E-state index contributed by atoms with van der Waals surface area (Å²) < 4.78 is 38.6. The normalized spacial score (nSPS) is 17.7. The van der Waals surface area contributed by atoms with E-state index in [9.17, 15) is 13.0 Å². The van der Waals surface area contributed by atoms with Crippen LogP contribution in [0, 0.1) is 0 Å². The summed E-state index contributed by atoms with van der Waals surface area (Å²) in [6, 6.07) is 10.2. The molecule has 3 N–H and O–H groups in total. The highest BCUT2D eigenvalue weighted by atomic mass is 35.5. The molecule has 1 aliphatic rings. The Labute approximate surface area is 186 Å². The van der Waals surface area contributed by atoms with Gasteiger partial charge in [0.2, 0.25) is 10.0 Å². The Kier molecular flexibility index (Phi) is 7.32. The molecular weight excluding hydrogens is 470 g/mol. The van der Waals surface area contributed by atoms with Crippen molar-refractivity contribution in [3.05, 3.63) is 63.1 Å². The van der Waals surface area contributed by atoms with E-state index in [0.717, 1.165) is 16.7 Å². The predicted octanol–water partition coefficient (Wildman–Crippen LogP) is 3.42. The lowest BCUT2D eigenvalue weighted by Crippen LogP contribution is -2.31. The Morgan fingerprint density at radius 1 is 1.23 bits per heavy atom. The van der Waals surface area contributed by atoms with Crippen molar-refractivity contribution >= 4 is 40.8 Å². The maximum absolute atomic E-state index is 12.7. The Morgan fingerprint density at radius 3 is 2.67 bits per heavy atom. The zero-order valence-corrected chi connectivity index (χ0v) is 19.5. The number of fused-ring (bicyclic) bond motifs is 1. The van der Waals surface area contributed by atoms with Crippen LogP contribution in [0.5, 0.6) is 0 Å². The first-order valence-electron chi connectivity index (χ1n) is 9.27. The molecule has 0 saturated carbocycles. The van der Waals surface area contributed by atoms with Crippen molar-refractivity contribution < 1.29 is 22.8 Å². The molecule has 2 aromatic carbocycles. The summed E-state index contributed by atoms with van der Waals surface area (Å²) in [5.41, 5.74) is 2.78. The third kappa shape index (κ3) is 5.84. The van der Waals surface area contributed by atoms with Crippen LogP contribution in [0.4, 0.5) is 0 Å². The van der Waals surface area contributed by atoms with E-state index in [0.29, 0.717) is 23.1 Å². The van der Waals surface area contributed by atoms with Gasteiger partial charge in [-0.15, -0.1) is 0 Å². The van der Waals surface area contributed by atoms with Gasteiger partial charge in [0.1, 0.15) is 0 Å². The van der Waals surface area contributed by atoms with Crippen LogP contribution in [0.2, 0.25) is 10.0 Å². The number of hydrogen-bond acceptors (Lipinski definition) is 4. The van der Waals surface area contributed by atoms with E-state index < -0.39 is 17.6 Å². The molecule has 11 heteroatoms. The molecule has 30 heavy (non-hydrogen) atoms. The quantitative estimate of drug-likeness (QED) is 0.403. The lowest BCUT2D eigenvalue weighted by Gasteiger charge is -2.33. The van der Waals surface area contributed by atoms with Crippen molar-refractivity contribution in [1.82, 2.24) is 9.62 Å². The second-order valence-electron chi connectivity index (χ2n) is 7.42. The standard InChI is InChI=1S/C19H23Cl2N2O5PS/c1-23-11-17(16-9-14(20)10-19(21)18(16)12-23)13-4-2-5-15(8-13)30(27,28)22-6-3-7-29(24,25)26/h2,4-5,8-10,17,22H,3,6-7,11-12H2,1H3,(H2,24,25,26). The molecule has 1 unspecified atom stereocenters. The molecule has 0 saturated heterocycles. The number of nitrogens with one attached hydrogen (secondary N) is 1. The van der Waals surface area contributed by atoms with Gasteiger partial charge in [0, 0.05) is 35.6 Å². The van der Waals surface area contributed by atoms with Gasteiger partial charge in [0.25, 0.3) is 0 Å². The molecule has 0 aliphatic carbocycles. The van der Waals surface area contributed by atoms with E-state index >= 15 is 0 Å². The van der Waals surface area contributed by atoms with Crippen molar-refractivity contribution in [2.75, 3.05) is 26.3 Å². The number of hydrogen-bond donors (Lipinski definition) is 3. The van der Waals surface area contributed by atoms with E-state index in [1.165, 1.54) is 6.07 Å². The monoisotopic (exact) mass is 492 g/mol. The highest BCUT2D eigenvalue weighted by Gasteiger charge is 2.28. The summed E-state index contributed by atoms with van der Waals surface area (Å²) in [7, 11) is -5.99. The van der Waals surface area contributed by atoms with E-state index in [4.69, 9.17) is 33.0 Å². The third-order valence-corrected chi connectivity index (χ3v) is 7.89. The molecular formula is C19H23Cl2N2O5PS. The number of sulfonamides is 1. The van der Waals surface area contributed by atoms with Gasteiger partial charge >= 0.3 is 7.60 Å². The fourth-order valence-electron chi connectivity index (χ4n) is 3.60. The molecule has 0 fully saturated rings. The zero-order valence-electron chi connectivity index (χ0n) is 16.3. The summed E-state index contributed by atoms with van der Waals surface area (Å²) in [4.78, 5) is 20.0. The van der Waals surface area contributed by atoms with Crippen molar-refractivity contribution in [2.45, 2.75) is 23.8 Å². The fourth-order valence-corrected chi connectivity index (χ4v) is 5.87. The molecule has 164 valence electrons. The van der Waals surface area contributed by atoms with E-state index in [1.807, 2.05) is 19.2 Å². The van der Waals surface area contributed by atoms with Crippen LogP contribution in [-0.4, -0.2) is 49.4 Å². The topological polar surface area (TPSA) is 107 Å². The van der Waals surface area contributed by atoms with Crippen LogP contribution in [0.3, 0.4) is 0 Å². The predicted molar refractivity (Wildman–Crippen MR) is 118 cm³/mol. The smallest absolute Gasteiger partial charge is 0.324 e. The SMILES string of the molecule is CN1Cc2c(Cl)cc(Cl)cc2C(c2cccc(S(=O)(=O)NCCCP(=O)(O)O)c2)C1. The van der Waals surface area contributed by atoms with Gasteiger partial charge in [-0.05, 0) is 54.4 Å². The first-order valence-corrected chi connectivity index (χ1v) is 13.3. The maximum atomic E-state index is 12.7. The summed E-state index contributed by atoms with van der Waals surface area (Å²) >= 11 is 12.6. The van der Waals surface area contributed by atoms with Gasteiger partial charge in [0.05, 0.1) is 11.1 Å². The molecule has 0 radical (unpaired) electrons. The van der Waals surface area contributed by atoms with Gasteiger partial charge in [-0.25, -0.2) is 13.1 Å². The first kappa shape index (κ1) is 23.7. The van der Waals surface area contributed by atoms with Gasteiger partial charge in [-0.2, -0.15) is 0 Å². The minimum Gasteiger partial charge on any atom is -0.324 e. The van der Waals surface area contributed by atoms with Crippen molar-refractivity contribution in [1.29, 1.82) is 0 Å². The number of halogens is 2. The van der Waals surface area contributed by atoms with Gasteiger partial charge in [-0.1, -0.05) is 35.3 Å². The first-order chi connectivity index (χ1) is 14.0. The molecule has 1 aliphatic heterocycles. The molecule has 1 atom stereocenters. The third-order valence-electron chi connectivity index (χ3n) is 4.98. The van der Waals surface area contributed by atoms with Gasteiger partial charge in [-0.3, -0.25) is 4.57 Å². The van der Waals surface area contributed by atoms with Crippen molar-refractivity contribution in [2.24, 2.45) is 0 Å². The van der Waals surface area contributed by atoms with Crippen LogP contribution in [0.15, 0.2) is 41.3 Å². The van der Waals surface area contributed by atoms with Crippen molar-refractivity contribution in [3.63, 3.8) is 0 Å². The Balaban J connectivity index is 1.86. The number of likely N-dealkylation sites (N-methyl/N-ethyl adjacent to an activating group) is 1. The second kappa shape index (κ2) is 9.27.